The van der Waals surface area contributed by atoms with E-state index in [4.69, 9.17) is 9.84 Å². The molecule has 0 saturated carbocycles. The molecule has 3 rings (SSSR count). The molecule has 1 N–H and O–H groups in total. The predicted octanol–water partition coefficient (Wildman–Crippen LogP) is 5.80. The Kier molecular flexibility index (Phi) is 7.08. The van der Waals surface area contributed by atoms with Gasteiger partial charge in [0.1, 0.15) is 10.8 Å². The zero-order valence-electron chi connectivity index (χ0n) is 17.9. The lowest BCUT2D eigenvalue weighted by Crippen LogP contribution is -2.17. The number of rotatable bonds is 8. The number of anilines is 1. The number of aryl methyl sites for hydroxylation is 2. The van der Waals surface area contributed by atoms with Crippen LogP contribution in [0, 0.1) is 6.92 Å². The molecule has 0 atom stereocenters. The number of aromatic nitrogens is 1. The zero-order chi connectivity index (χ0) is 23.5. The molecule has 32 heavy (non-hydrogen) atoms. The van der Waals surface area contributed by atoms with Crippen LogP contribution in [-0.4, -0.2) is 29.7 Å². The maximum atomic E-state index is 12.8. The van der Waals surface area contributed by atoms with E-state index in [1.807, 2.05) is 37.9 Å². The SMILES string of the molecule is CCc1cc(N(C)Cc2sc(-c3ccc(C(F)(F)F)cc3)nc2C)ccc1OCC(=O)O. The summed E-state index contributed by atoms with van der Waals surface area (Å²) in [6, 6.07) is 10.6. The first-order valence-electron chi connectivity index (χ1n) is 9.91. The van der Waals surface area contributed by atoms with Crippen molar-refractivity contribution in [3.8, 4) is 16.3 Å². The molecule has 0 aliphatic heterocycles. The number of carboxylic acids is 1. The normalized spacial score (nSPS) is 11.4. The van der Waals surface area contributed by atoms with Crippen molar-refractivity contribution in [2.75, 3.05) is 18.6 Å². The quantitative estimate of drug-likeness (QED) is 0.457. The molecule has 0 amide bonds. The highest BCUT2D eigenvalue weighted by molar-refractivity contribution is 7.15. The molecule has 0 saturated heterocycles. The van der Waals surface area contributed by atoms with Crippen molar-refractivity contribution in [2.45, 2.75) is 33.0 Å². The van der Waals surface area contributed by atoms with E-state index in [1.54, 1.807) is 6.07 Å². The number of benzene rings is 2. The van der Waals surface area contributed by atoms with Crippen molar-refractivity contribution in [3.63, 3.8) is 0 Å². The maximum absolute atomic E-state index is 12.8. The van der Waals surface area contributed by atoms with Crippen LogP contribution < -0.4 is 9.64 Å². The Balaban J connectivity index is 1.76. The van der Waals surface area contributed by atoms with Gasteiger partial charge in [-0.05, 0) is 49.2 Å². The van der Waals surface area contributed by atoms with Crippen molar-refractivity contribution in [2.24, 2.45) is 0 Å². The second-order valence-electron chi connectivity index (χ2n) is 7.29. The van der Waals surface area contributed by atoms with Gasteiger partial charge in [0.05, 0.1) is 17.8 Å². The molecule has 1 aromatic heterocycles. The first-order chi connectivity index (χ1) is 15.1. The van der Waals surface area contributed by atoms with Crippen molar-refractivity contribution in [3.05, 3.63) is 64.2 Å². The van der Waals surface area contributed by atoms with E-state index in [9.17, 15) is 18.0 Å². The molecule has 0 aliphatic rings. The van der Waals surface area contributed by atoms with E-state index < -0.39 is 24.3 Å². The Labute approximate surface area is 188 Å². The molecule has 0 radical (unpaired) electrons. The van der Waals surface area contributed by atoms with E-state index >= 15 is 0 Å². The molecule has 170 valence electrons. The van der Waals surface area contributed by atoms with Gasteiger partial charge in [0.15, 0.2) is 6.61 Å². The lowest BCUT2D eigenvalue weighted by atomic mass is 10.1. The summed E-state index contributed by atoms with van der Waals surface area (Å²) < 4.78 is 43.7. The number of thiazole rings is 1. The van der Waals surface area contributed by atoms with Crippen molar-refractivity contribution < 1.29 is 27.8 Å². The Morgan fingerprint density at radius 3 is 2.47 bits per heavy atom. The highest BCUT2D eigenvalue weighted by atomic mass is 32.1. The molecule has 0 unspecified atom stereocenters. The molecule has 2 aromatic carbocycles. The summed E-state index contributed by atoms with van der Waals surface area (Å²) in [5.41, 5.74) is 2.63. The summed E-state index contributed by atoms with van der Waals surface area (Å²) in [6.45, 7) is 4.03. The monoisotopic (exact) mass is 464 g/mol. The van der Waals surface area contributed by atoms with Crippen LogP contribution in [0.3, 0.4) is 0 Å². The average Bonchev–Trinajstić information content (AvgIpc) is 3.11. The summed E-state index contributed by atoms with van der Waals surface area (Å²) in [7, 11) is 1.93. The molecule has 3 aromatic rings. The van der Waals surface area contributed by atoms with E-state index in [0.29, 0.717) is 29.3 Å². The van der Waals surface area contributed by atoms with Crippen molar-refractivity contribution in [1.82, 2.24) is 4.98 Å². The van der Waals surface area contributed by atoms with Crippen LogP contribution in [-0.2, 0) is 23.9 Å². The van der Waals surface area contributed by atoms with Gasteiger partial charge in [0, 0.05) is 23.2 Å². The second-order valence-corrected chi connectivity index (χ2v) is 8.37. The van der Waals surface area contributed by atoms with Gasteiger partial charge in [-0.1, -0.05) is 19.1 Å². The summed E-state index contributed by atoms with van der Waals surface area (Å²) in [5.74, 6) is -0.483. The van der Waals surface area contributed by atoms with E-state index in [2.05, 4.69) is 4.98 Å². The molecular weight excluding hydrogens is 441 g/mol. The predicted molar refractivity (Wildman–Crippen MR) is 118 cm³/mol. The smallest absolute Gasteiger partial charge is 0.416 e. The van der Waals surface area contributed by atoms with Crippen LogP contribution in [0.2, 0.25) is 0 Å². The second kappa shape index (κ2) is 9.60. The summed E-state index contributed by atoms with van der Waals surface area (Å²) in [5, 5.41) is 9.49. The van der Waals surface area contributed by atoms with Gasteiger partial charge in [0.25, 0.3) is 0 Å². The molecule has 1 heterocycles. The van der Waals surface area contributed by atoms with Crippen LogP contribution >= 0.6 is 11.3 Å². The minimum atomic E-state index is -4.36. The van der Waals surface area contributed by atoms with Crippen LogP contribution in [0.4, 0.5) is 18.9 Å². The fraction of sp³-hybridized carbons (Fsp3) is 0.304. The molecule has 9 heteroatoms. The van der Waals surface area contributed by atoms with Gasteiger partial charge in [-0.2, -0.15) is 13.2 Å². The third-order valence-electron chi connectivity index (χ3n) is 4.95. The lowest BCUT2D eigenvalue weighted by molar-refractivity contribution is -0.139. The van der Waals surface area contributed by atoms with E-state index in [0.717, 1.165) is 34.0 Å². The first kappa shape index (κ1) is 23.6. The van der Waals surface area contributed by atoms with Crippen LogP contribution in [0.25, 0.3) is 10.6 Å². The summed E-state index contributed by atoms with van der Waals surface area (Å²) >= 11 is 1.45. The molecule has 0 bridgehead atoms. The topological polar surface area (TPSA) is 62.7 Å². The molecule has 5 nitrogen and oxygen atoms in total. The average molecular weight is 465 g/mol. The first-order valence-corrected chi connectivity index (χ1v) is 10.7. The summed E-state index contributed by atoms with van der Waals surface area (Å²) in [4.78, 5) is 18.3. The number of hydrogen-bond donors (Lipinski definition) is 1. The fourth-order valence-corrected chi connectivity index (χ4v) is 4.29. The fourth-order valence-electron chi connectivity index (χ4n) is 3.17. The number of carbonyl (C=O) groups is 1. The van der Waals surface area contributed by atoms with Crippen molar-refractivity contribution >= 4 is 23.0 Å². The highest BCUT2D eigenvalue weighted by Crippen LogP contribution is 2.34. The molecule has 0 aliphatic carbocycles. The Morgan fingerprint density at radius 2 is 1.88 bits per heavy atom. The highest BCUT2D eigenvalue weighted by Gasteiger charge is 2.30. The number of alkyl halides is 3. The van der Waals surface area contributed by atoms with Crippen molar-refractivity contribution in [1.29, 1.82) is 0 Å². The van der Waals surface area contributed by atoms with Gasteiger partial charge in [-0.3, -0.25) is 0 Å². The van der Waals surface area contributed by atoms with Crippen LogP contribution in [0.5, 0.6) is 5.75 Å². The van der Waals surface area contributed by atoms with Gasteiger partial charge < -0.3 is 14.7 Å². The molecule has 0 spiro atoms. The number of carboxylic acid groups (broad SMARTS) is 1. The summed E-state index contributed by atoms with van der Waals surface area (Å²) in [6.07, 6.45) is -3.68. The van der Waals surface area contributed by atoms with Gasteiger partial charge in [-0.15, -0.1) is 11.3 Å². The molecular formula is C23H23F3N2O3S. The largest absolute Gasteiger partial charge is 0.482 e. The van der Waals surface area contributed by atoms with Gasteiger partial charge in [0.2, 0.25) is 0 Å². The number of halogens is 3. The Bertz CT molecular complexity index is 1090. The number of hydrogen-bond acceptors (Lipinski definition) is 5. The number of ether oxygens (including phenoxy) is 1. The minimum absolute atomic E-state index is 0.394. The standard InChI is InChI=1S/C23H23F3N2O3S/c1-4-15-11-18(9-10-19(15)31-13-21(29)30)28(3)12-20-14(2)27-22(32-20)16-5-7-17(8-6-16)23(24,25)26/h5-11H,4,12-13H2,1-3H3,(H,29,30). The van der Waals surface area contributed by atoms with Crippen LogP contribution in [0.1, 0.15) is 28.6 Å². The van der Waals surface area contributed by atoms with Crippen LogP contribution in [0.15, 0.2) is 42.5 Å². The zero-order valence-corrected chi connectivity index (χ0v) is 18.7. The van der Waals surface area contributed by atoms with E-state index in [1.165, 1.54) is 23.5 Å². The van der Waals surface area contributed by atoms with E-state index in [-0.39, 0.29) is 0 Å². The lowest BCUT2D eigenvalue weighted by Gasteiger charge is -2.20. The molecule has 0 fully saturated rings. The third kappa shape index (κ3) is 5.59. The Hall–Kier alpha value is -3.07. The van der Waals surface area contributed by atoms with Gasteiger partial charge >= 0.3 is 12.1 Å². The van der Waals surface area contributed by atoms with Gasteiger partial charge in [-0.25, -0.2) is 9.78 Å². The Morgan fingerprint density at radius 1 is 1.19 bits per heavy atom. The maximum Gasteiger partial charge on any atom is 0.416 e. The number of aliphatic carboxylic acids is 1. The minimum Gasteiger partial charge on any atom is -0.482 e. The third-order valence-corrected chi connectivity index (χ3v) is 6.14. The number of nitrogens with zero attached hydrogens (tertiary/aromatic N) is 2.